The van der Waals surface area contributed by atoms with E-state index in [0.717, 1.165) is 65.6 Å². The molecule has 0 saturated heterocycles. The predicted molar refractivity (Wildman–Crippen MR) is 626 cm³/mol. The molecular weight excluding hydrogens is 1920 g/mol. The van der Waals surface area contributed by atoms with Crippen LogP contribution in [0.4, 0.5) is 45.5 Å². The molecule has 148 heavy (non-hydrogen) atoms. The zero-order valence-corrected chi connectivity index (χ0v) is 83.6. The standard InChI is InChI=1S/C90H56N2.C37H25N.C16H8Br2/c1-3-23-57(24-4-1)61-27-19-29-63(55-61)91(83-45-21-43-79-87(83)69-35-11-17-41-77(69)89(79)73-37-13-7-31-65(73)66-32-8-14-38-74(66)89)81-53-49-59-48-52-72-82(54-50-60-47-51-71(81)85(59)86(60)72)92(64-30-20-28-62(56-64)58-25-5-2-6-26-58)84-46-22-44-80-88(84)70-36-12-18-42-78(70)90(80)75-39-15-9-33-67(75)68-34-10-16-40-76(68)90;1-2-12-25(13-3-1)26-14-10-15-27(24-26)38-35-23-11-22-34-36(35)30-18-6-9-21-33(30)37(34)31-19-7-4-16-28(31)29-17-5-8-20-32(29)37;17-13-8-4-10-2-6-12-14(18)7-3-9-1-5-11(13)16(10)15(9)12/h1-56H;1-24,38H;1-8H. The molecule has 32 rings (SSSR count). The van der Waals surface area contributed by atoms with Gasteiger partial charge in [0, 0.05) is 59.2 Å². The predicted octanol–water partition coefficient (Wildman–Crippen LogP) is 39.1. The van der Waals surface area contributed by atoms with E-state index in [0.29, 0.717) is 0 Å². The summed E-state index contributed by atoms with van der Waals surface area (Å²) < 4.78 is 2.31. The average Bonchev–Trinajstić information content (AvgIpc) is 1.51. The molecule has 26 aromatic carbocycles. The van der Waals surface area contributed by atoms with Crippen LogP contribution < -0.4 is 15.1 Å². The first-order valence-electron chi connectivity index (χ1n) is 51.1. The van der Waals surface area contributed by atoms with Gasteiger partial charge in [-0.25, -0.2) is 0 Å². The van der Waals surface area contributed by atoms with Gasteiger partial charge in [-0.05, 0) is 283 Å². The lowest BCUT2D eigenvalue weighted by Crippen LogP contribution is -2.26. The summed E-state index contributed by atoms with van der Waals surface area (Å²) in [7, 11) is 0. The molecule has 0 unspecified atom stereocenters. The Balaban J connectivity index is 0.000000146. The van der Waals surface area contributed by atoms with Crippen molar-refractivity contribution in [3.8, 4) is 100 Å². The van der Waals surface area contributed by atoms with Crippen molar-refractivity contribution in [3.63, 3.8) is 0 Å². The molecule has 0 aromatic heterocycles. The minimum absolute atomic E-state index is 0.317. The van der Waals surface area contributed by atoms with Crippen molar-refractivity contribution >= 4 is 142 Å². The Bertz CT molecular complexity index is 9410. The Hall–Kier alpha value is -17.8. The van der Waals surface area contributed by atoms with Crippen LogP contribution in [-0.2, 0) is 16.2 Å². The normalized spacial score (nSPS) is 13.4. The van der Waals surface area contributed by atoms with Gasteiger partial charge in [-0.1, -0.05) is 487 Å². The molecule has 0 amide bonds. The molecule has 0 radical (unpaired) electrons. The lowest BCUT2D eigenvalue weighted by molar-refractivity contribution is 0.794. The highest BCUT2D eigenvalue weighted by Crippen LogP contribution is 2.70. The van der Waals surface area contributed by atoms with Crippen molar-refractivity contribution in [2.24, 2.45) is 0 Å². The number of anilines is 8. The lowest BCUT2D eigenvalue weighted by Gasteiger charge is -2.33. The van der Waals surface area contributed by atoms with Crippen LogP contribution in [0.15, 0.2) is 543 Å². The van der Waals surface area contributed by atoms with E-state index in [1.807, 2.05) is 0 Å². The van der Waals surface area contributed by atoms with E-state index < -0.39 is 10.8 Å². The zero-order valence-electron chi connectivity index (χ0n) is 80.5. The number of halogens is 2. The maximum absolute atomic E-state index is 3.81. The van der Waals surface area contributed by atoms with Crippen molar-refractivity contribution in [3.05, 3.63) is 610 Å². The van der Waals surface area contributed by atoms with E-state index >= 15 is 0 Å². The number of fused-ring (bicyclic) bond motifs is 30. The quantitative estimate of drug-likeness (QED) is 0.130. The second kappa shape index (κ2) is 33.6. The topological polar surface area (TPSA) is 18.5 Å². The van der Waals surface area contributed by atoms with Gasteiger partial charge >= 0.3 is 0 Å². The maximum Gasteiger partial charge on any atom is 0.0726 e. The van der Waals surface area contributed by atoms with Gasteiger partial charge < -0.3 is 15.1 Å². The Kier molecular flexibility index (Phi) is 19.5. The highest BCUT2D eigenvalue weighted by molar-refractivity contribution is 9.11. The largest absolute Gasteiger partial charge is 0.355 e. The van der Waals surface area contributed by atoms with Gasteiger partial charge in [0.25, 0.3) is 0 Å². The number of nitrogens with zero attached hydrogens (tertiary/aromatic N) is 2. The van der Waals surface area contributed by atoms with E-state index in [1.165, 1.54) is 220 Å². The van der Waals surface area contributed by atoms with Crippen LogP contribution in [0, 0.1) is 0 Å². The minimum Gasteiger partial charge on any atom is -0.355 e. The minimum atomic E-state index is -0.508. The van der Waals surface area contributed by atoms with Crippen LogP contribution in [0.1, 0.15) is 66.8 Å². The maximum atomic E-state index is 3.81. The Morgan fingerprint density at radius 1 is 0.169 bits per heavy atom. The van der Waals surface area contributed by atoms with Crippen molar-refractivity contribution in [1.29, 1.82) is 0 Å². The summed E-state index contributed by atoms with van der Waals surface area (Å²) in [4.78, 5) is 5.17. The molecule has 0 aliphatic heterocycles. The SMILES string of the molecule is Brc1ccc2ccc3c(Br)ccc4ccc1c2c43.c1ccc(-c2cccc(N(c3cccc4c3-c3ccccc3C43c4ccccc4-c4ccccc43)c3ccc4ccc5c(N(c6cccc(-c7ccccc7)c6)c6cccc7c6-c6ccccc6C76c7ccccc7-c7ccccc76)ccc6ccc3c4c65)c2)cc1.c1ccc(-c2cccc(Nc3cccc4c3-c3ccccc3C43c4ccccc4-c4ccccc43)c2)cc1. The molecule has 5 heteroatoms. The summed E-state index contributed by atoms with van der Waals surface area (Å²) in [5.74, 6) is 0. The van der Waals surface area contributed by atoms with Crippen LogP contribution in [0.5, 0.6) is 0 Å². The second-order valence-corrected chi connectivity index (χ2v) is 41.7. The molecule has 0 bridgehead atoms. The Labute approximate surface area is 875 Å². The average molecular weight is 2010 g/mol. The highest BCUT2D eigenvalue weighted by atomic mass is 79.9. The summed E-state index contributed by atoms with van der Waals surface area (Å²) in [6, 6.07) is 198. The van der Waals surface area contributed by atoms with Gasteiger partial charge in [-0.3, -0.25) is 0 Å². The Morgan fingerprint density at radius 3 is 0.777 bits per heavy atom. The van der Waals surface area contributed by atoms with Gasteiger partial charge in [-0.2, -0.15) is 0 Å². The molecule has 0 heterocycles. The molecule has 0 fully saturated rings. The van der Waals surface area contributed by atoms with Crippen LogP contribution in [0.25, 0.3) is 165 Å². The Morgan fingerprint density at radius 2 is 0.419 bits per heavy atom. The van der Waals surface area contributed by atoms with E-state index in [2.05, 4.69) is 581 Å². The third-order valence-electron chi connectivity index (χ3n) is 32.8. The monoisotopic (exact) mass is 2010 g/mol. The number of nitrogens with one attached hydrogen (secondary N) is 1. The summed E-state index contributed by atoms with van der Waals surface area (Å²) in [6.45, 7) is 0. The molecule has 0 saturated carbocycles. The third kappa shape index (κ3) is 12.4. The van der Waals surface area contributed by atoms with Gasteiger partial charge in [0.15, 0.2) is 0 Å². The number of hydrogen-bond donors (Lipinski definition) is 1. The van der Waals surface area contributed by atoms with E-state index in [1.54, 1.807) is 0 Å². The molecule has 0 atom stereocenters. The van der Waals surface area contributed by atoms with Crippen LogP contribution in [-0.4, -0.2) is 0 Å². The van der Waals surface area contributed by atoms with Crippen LogP contribution in [0.3, 0.4) is 0 Å². The van der Waals surface area contributed by atoms with E-state index in [9.17, 15) is 0 Å². The van der Waals surface area contributed by atoms with Crippen LogP contribution in [0.2, 0.25) is 0 Å². The van der Waals surface area contributed by atoms with Crippen molar-refractivity contribution in [2.45, 2.75) is 16.2 Å². The van der Waals surface area contributed by atoms with Crippen LogP contribution >= 0.6 is 31.9 Å². The fraction of sp³-hybridized carbons (Fsp3) is 0.0210. The number of rotatable bonds is 11. The van der Waals surface area contributed by atoms with Gasteiger partial charge in [0.1, 0.15) is 0 Å². The summed E-state index contributed by atoms with van der Waals surface area (Å²) >= 11 is 7.30. The molecule has 1 N–H and O–H groups in total. The first-order valence-corrected chi connectivity index (χ1v) is 52.7. The van der Waals surface area contributed by atoms with E-state index in [4.69, 9.17) is 0 Å². The van der Waals surface area contributed by atoms with Gasteiger partial charge in [0.2, 0.25) is 0 Å². The van der Waals surface area contributed by atoms with E-state index in [-0.39, 0.29) is 5.41 Å². The fourth-order valence-electron chi connectivity index (χ4n) is 27.0. The molecule has 26 aromatic rings. The summed E-state index contributed by atoms with van der Waals surface area (Å²) in [6.07, 6.45) is 0. The van der Waals surface area contributed by atoms with Crippen molar-refractivity contribution < 1.29 is 0 Å². The second-order valence-electron chi connectivity index (χ2n) is 40.0. The first-order chi connectivity index (χ1) is 73.3. The summed E-state index contributed by atoms with van der Waals surface area (Å²) in [5, 5.41) is 18.9. The molecule has 6 aliphatic rings. The summed E-state index contributed by atoms with van der Waals surface area (Å²) in [5.41, 5.74) is 46.2. The smallest absolute Gasteiger partial charge is 0.0726 e. The van der Waals surface area contributed by atoms with Crippen molar-refractivity contribution in [1.82, 2.24) is 0 Å². The number of benzene rings is 26. The van der Waals surface area contributed by atoms with Crippen molar-refractivity contribution in [2.75, 3.05) is 15.1 Å². The molecule has 6 aliphatic carbocycles. The molecular formula is C143H89Br2N3. The molecule has 3 nitrogen and oxygen atoms in total. The molecule has 3 spiro atoms. The fourth-order valence-corrected chi connectivity index (χ4v) is 28.0. The third-order valence-corrected chi connectivity index (χ3v) is 34.2. The van der Waals surface area contributed by atoms with Gasteiger partial charge in [0.05, 0.1) is 39.0 Å². The van der Waals surface area contributed by atoms with Gasteiger partial charge in [-0.15, -0.1) is 0 Å². The number of hydrogen-bond acceptors (Lipinski definition) is 3. The molecule has 690 valence electrons. The first kappa shape index (κ1) is 85.7. The lowest BCUT2D eigenvalue weighted by atomic mass is 9.70. The zero-order chi connectivity index (χ0) is 97.6. The highest BCUT2D eigenvalue weighted by Gasteiger charge is 2.56.